The lowest BCUT2D eigenvalue weighted by Gasteiger charge is -2.17. The molecule has 114 valence electrons. The van der Waals surface area contributed by atoms with E-state index in [-0.39, 0.29) is 5.75 Å². The third-order valence-electron chi connectivity index (χ3n) is 3.26. The van der Waals surface area contributed by atoms with Crippen molar-refractivity contribution in [2.45, 2.75) is 25.8 Å². The predicted molar refractivity (Wildman–Crippen MR) is 85.3 cm³/mol. The van der Waals surface area contributed by atoms with E-state index < -0.39 is 10.0 Å². The van der Waals surface area contributed by atoms with Gasteiger partial charge in [-0.2, -0.15) is 4.31 Å². The fourth-order valence-corrected chi connectivity index (χ4v) is 4.00. The van der Waals surface area contributed by atoms with Crippen LogP contribution in [0.2, 0.25) is 0 Å². The van der Waals surface area contributed by atoms with Crippen molar-refractivity contribution < 1.29 is 8.42 Å². The third-order valence-corrected chi connectivity index (χ3v) is 5.96. The number of hydrogen-bond acceptors (Lipinski definition) is 5. The van der Waals surface area contributed by atoms with Crippen molar-refractivity contribution in [2.24, 2.45) is 5.73 Å². The van der Waals surface area contributed by atoms with Crippen molar-refractivity contribution in [1.82, 2.24) is 9.29 Å². The zero-order valence-corrected chi connectivity index (χ0v) is 13.7. The molecule has 0 bridgehead atoms. The van der Waals surface area contributed by atoms with Crippen molar-refractivity contribution >= 4 is 21.4 Å². The van der Waals surface area contributed by atoms with Gasteiger partial charge in [-0.3, -0.25) is 0 Å². The Hall–Kier alpha value is -1.28. The first kappa shape index (κ1) is 16.1. The number of benzene rings is 1. The van der Waals surface area contributed by atoms with Crippen LogP contribution < -0.4 is 5.73 Å². The fourth-order valence-electron chi connectivity index (χ4n) is 1.95. The van der Waals surface area contributed by atoms with Crippen molar-refractivity contribution in [3.63, 3.8) is 0 Å². The summed E-state index contributed by atoms with van der Waals surface area (Å²) in [6.45, 7) is 2.65. The van der Waals surface area contributed by atoms with Gasteiger partial charge in [-0.1, -0.05) is 24.3 Å². The van der Waals surface area contributed by atoms with Gasteiger partial charge in [0.25, 0.3) is 0 Å². The predicted octanol–water partition coefficient (Wildman–Crippen LogP) is 1.87. The van der Waals surface area contributed by atoms with Crippen LogP contribution in [0.4, 0.5) is 0 Å². The quantitative estimate of drug-likeness (QED) is 0.879. The Bertz CT molecular complexity index is 711. The van der Waals surface area contributed by atoms with Gasteiger partial charge in [0.05, 0.1) is 17.0 Å². The molecule has 0 saturated heterocycles. The Labute approximate surface area is 129 Å². The van der Waals surface area contributed by atoms with E-state index in [1.807, 2.05) is 31.2 Å². The van der Waals surface area contributed by atoms with E-state index in [1.165, 1.54) is 15.6 Å². The third kappa shape index (κ3) is 4.10. The maximum Gasteiger partial charge on any atom is 0.218 e. The van der Waals surface area contributed by atoms with Crippen molar-refractivity contribution in [3.8, 4) is 0 Å². The van der Waals surface area contributed by atoms with Gasteiger partial charge in [0.2, 0.25) is 10.0 Å². The van der Waals surface area contributed by atoms with E-state index in [2.05, 4.69) is 4.98 Å². The maximum atomic E-state index is 12.4. The van der Waals surface area contributed by atoms with Gasteiger partial charge in [-0.25, -0.2) is 13.4 Å². The minimum atomic E-state index is -3.36. The van der Waals surface area contributed by atoms with Crippen molar-refractivity contribution in [1.29, 1.82) is 0 Å². The molecule has 0 aliphatic heterocycles. The van der Waals surface area contributed by atoms with E-state index in [1.54, 1.807) is 12.6 Å². The molecule has 21 heavy (non-hydrogen) atoms. The molecule has 0 radical (unpaired) electrons. The van der Waals surface area contributed by atoms with Crippen LogP contribution in [0.3, 0.4) is 0 Å². The summed E-state index contributed by atoms with van der Waals surface area (Å²) in [5.74, 6) is -0.0187. The van der Waals surface area contributed by atoms with Crippen LogP contribution in [0.15, 0.2) is 29.8 Å². The fraction of sp³-hybridized carbons (Fsp3) is 0.357. The Morgan fingerprint density at radius 2 is 2.05 bits per heavy atom. The largest absolute Gasteiger partial charge is 0.326 e. The summed E-state index contributed by atoms with van der Waals surface area (Å²) in [7, 11) is -1.76. The lowest BCUT2D eigenvalue weighted by molar-refractivity contribution is 0.468. The van der Waals surface area contributed by atoms with Crippen LogP contribution in [0.5, 0.6) is 0 Å². The molecule has 0 unspecified atom stereocenters. The minimum Gasteiger partial charge on any atom is -0.326 e. The van der Waals surface area contributed by atoms with Crippen LogP contribution in [0, 0.1) is 6.92 Å². The topological polar surface area (TPSA) is 76.3 Å². The first-order chi connectivity index (χ1) is 9.92. The number of aromatic nitrogens is 1. The minimum absolute atomic E-state index is 0.0187. The zero-order chi connectivity index (χ0) is 15.5. The number of hydrogen-bond donors (Lipinski definition) is 1. The lowest BCUT2D eigenvalue weighted by Crippen LogP contribution is -2.27. The molecule has 0 aliphatic rings. The molecular weight excluding hydrogens is 306 g/mol. The van der Waals surface area contributed by atoms with E-state index in [0.717, 1.165) is 21.7 Å². The number of rotatable bonds is 6. The summed E-state index contributed by atoms with van der Waals surface area (Å²) >= 11 is 1.47. The van der Waals surface area contributed by atoms with Gasteiger partial charge in [0, 0.05) is 25.0 Å². The number of nitrogens with zero attached hydrogens (tertiary/aromatic N) is 2. The van der Waals surface area contributed by atoms with Gasteiger partial charge >= 0.3 is 0 Å². The smallest absolute Gasteiger partial charge is 0.218 e. The molecule has 2 aromatic rings. The molecular formula is C14H19N3O2S2. The van der Waals surface area contributed by atoms with Gasteiger partial charge in [0.1, 0.15) is 0 Å². The van der Waals surface area contributed by atoms with E-state index in [0.29, 0.717) is 13.1 Å². The molecule has 0 atom stereocenters. The van der Waals surface area contributed by atoms with Crippen LogP contribution in [0.25, 0.3) is 0 Å². The highest BCUT2D eigenvalue weighted by molar-refractivity contribution is 7.88. The second kappa shape index (κ2) is 6.65. The van der Waals surface area contributed by atoms with Crippen LogP contribution in [-0.2, 0) is 28.9 Å². The molecule has 0 saturated carbocycles. The molecule has 0 aliphatic carbocycles. The van der Waals surface area contributed by atoms with Crippen LogP contribution >= 0.6 is 11.3 Å². The zero-order valence-electron chi connectivity index (χ0n) is 12.1. The summed E-state index contributed by atoms with van der Waals surface area (Å²) in [6.07, 6.45) is 0. The second-order valence-corrected chi connectivity index (χ2v) is 7.91. The summed E-state index contributed by atoms with van der Waals surface area (Å²) in [6, 6.07) is 7.37. The normalized spacial score (nSPS) is 12.0. The van der Waals surface area contributed by atoms with Crippen LogP contribution in [0.1, 0.15) is 21.7 Å². The summed E-state index contributed by atoms with van der Waals surface area (Å²) < 4.78 is 26.2. The molecule has 2 rings (SSSR count). The number of aryl methyl sites for hydroxylation is 1. The Kier molecular flexibility index (Phi) is 5.10. The van der Waals surface area contributed by atoms with E-state index in [4.69, 9.17) is 5.73 Å². The van der Waals surface area contributed by atoms with Crippen molar-refractivity contribution in [2.75, 3.05) is 7.05 Å². The SMILES string of the molecule is Cc1ncsc1CN(C)S(=O)(=O)Cc1cccc(CN)c1. The second-order valence-electron chi connectivity index (χ2n) is 4.90. The number of nitrogens with two attached hydrogens (primary N) is 1. The first-order valence-corrected chi connectivity index (χ1v) is 9.02. The van der Waals surface area contributed by atoms with Gasteiger partial charge in [-0.05, 0) is 18.1 Å². The van der Waals surface area contributed by atoms with Gasteiger partial charge in [-0.15, -0.1) is 11.3 Å². The van der Waals surface area contributed by atoms with Crippen LogP contribution in [-0.4, -0.2) is 24.8 Å². The standard InChI is InChI=1S/C14H19N3O2S2/c1-11-14(20-10-16-11)8-17(2)21(18,19)9-13-5-3-4-12(6-13)7-15/h3-6,10H,7-9,15H2,1-2H3. The summed E-state index contributed by atoms with van der Waals surface area (Å²) in [5.41, 5.74) is 9.89. The molecule has 0 fully saturated rings. The monoisotopic (exact) mass is 325 g/mol. The Morgan fingerprint density at radius 3 is 2.67 bits per heavy atom. The number of sulfonamides is 1. The summed E-state index contributed by atoms with van der Waals surface area (Å²) in [4.78, 5) is 5.11. The molecule has 5 nitrogen and oxygen atoms in total. The molecule has 0 amide bonds. The Morgan fingerprint density at radius 1 is 1.33 bits per heavy atom. The number of thiazole rings is 1. The molecule has 2 N–H and O–H groups in total. The molecule has 1 aromatic carbocycles. The highest BCUT2D eigenvalue weighted by atomic mass is 32.2. The summed E-state index contributed by atoms with van der Waals surface area (Å²) in [5, 5.41) is 0. The highest BCUT2D eigenvalue weighted by Crippen LogP contribution is 2.18. The van der Waals surface area contributed by atoms with E-state index >= 15 is 0 Å². The van der Waals surface area contributed by atoms with Gasteiger partial charge < -0.3 is 5.73 Å². The molecule has 0 spiro atoms. The molecule has 7 heteroatoms. The maximum absolute atomic E-state index is 12.4. The van der Waals surface area contributed by atoms with E-state index in [9.17, 15) is 8.42 Å². The molecule has 1 aromatic heterocycles. The van der Waals surface area contributed by atoms with Crippen molar-refractivity contribution in [3.05, 3.63) is 51.5 Å². The lowest BCUT2D eigenvalue weighted by atomic mass is 10.1. The van der Waals surface area contributed by atoms with Gasteiger partial charge in [0.15, 0.2) is 0 Å². The highest BCUT2D eigenvalue weighted by Gasteiger charge is 2.20. The average molecular weight is 325 g/mol. The first-order valence-electron chi connectivity index (χ1n) is 6.53. The Balaban J connectivity index is 2.12. The molecule has 1 heterocycles. The average Bonchev–Trinajstić information content (AvgIpc) is 2.84.